The molecular weight excluding hydrogens is 288 g/mol. The maximum atomic E-state index is 11.6. The van der Waals surface area contributed by atoms with Crippen LogP contribution in [-0.4, -0.2) is 5.78 Å². The highest BCUT2D eigenvalue weighted by atomic mass is 79.9. The molecule has 2 aromatic rings. The van der Waals surface area contributed by atoms with Crippen molar-refractivity contribution in [3.63, 3.8) is 0 Å². The second-order valence-electron chi connectivity index (χ2n) is 3.29. The predicted octanol–water partition coefficient (Wildman–Crippen LogP) is 4.31. The van der Waals surface area contributed by atoms with Crippen LogP contribution in [0.25, 0.3) is 6.08 Å². The molecule has 0 aliphatic carbocycles. The van der Waals surface area contributed by atoms with E-state index in [9.17, 15) is 4.79 Å². The van der Waals surface area contributed by atoms with E-state index in [1.807, 2.05) is 18.4 Å². The van der Waals surface area contributed by atoms with E-state index in [0.717, 1.165) is 15.1 Å². The van der Waals surface area contributed by atoms with E-state index in [4.69, 9.17) is 4.42 Å². The third-order valence-corrected chi connectivity index (χ3v) is 3.52. The molecule has 0 aromatic carbocycles. The van der Waals surface area contributed by atoms with Gasteiger partial charge in [0.05, 0.1) is 3.79 Å². The van der Waals surface area contributed by atoms with Gasteiger partial charge in [0.25, 0.3) is 0 Å². The third-order valence-electron chi connectivity index (χ3n) is 2.00. The Morgan fingerprint density at radius 3 is 2.88 bits per heavy atom. The zero-order valence-electron chi connectivity index (χ0n) is 8.57. The van der Waals surface area contributed by atoms with Gasteiger partial charge in [0.15, 0.2) is 5.76 Å². The van der Waals surface area contributed by atoms with Crippen molar-refractivity contribution < 1.29 is 9.21 Å². The Bertz CT molecular complexity index is 537. The molecule has 0 aliphatic rings. The van der Waals surface area contributed by atoms with E-state index in [1.54, 1.807) is 29.5 Å². The predicted molar refractivity (Wildman–Crippen MR) is 68.8 cm³/mol. The quantitative estimate of drug-likeness (QED) is 0.624. The van der Waals surface area contributed by atoms with Crippen molar-refractivity contribution >= 4 is 39.1 Å². The fourth-order valence-corrected chi connectivity index (χ4v) is 2.38. The second kappa shape index (κ2) is 4.80. The van der Waals surface area contributed by atoms with Crippen LogP contribution in [0.4, 0.5) is 0 Å². The summed E-state index contributed by atoms with van der Waals surface area (Å²) in [4.78, 5) is 11.6. The number of thiophene rings is 1. The Labute approximate surface area is 106 Å². The van der Waals surface area contributed by atoms with E-state index in [-0.39, 0.29) is 5.78 Å². The Morgan fingerprint density at radius 1 is 1.50 bits per heavy atom. The average molecular weight is 297 g/mol. The van der Waals surface area contributed by atoms with Gasteiger partial charge >= 0.3 is 0 Å². The van der Waals surface area contributed by atoms with Crippen LogP contribution in [0.15, 0.2) is 37.9 Å². The third kappa shape index (κ3) is 2.71. The first kappa shape index (κ1) is 11.4. The summed E-state index contributed by atoms with van der Waals surface area (Å²) in [7, 11) is 0. The molecule has 0 N–H and O–H groups in total. The van der Waals surface area contributed by atoms with Crippen LogP contribution in [0.5, 0.6) is 0 Å². The average Bonchev–Trinajstić information content (AvgIpc) is 2.84. The summed E-state index contributed by atoms with van der Waals surface area (Å²) in [5.74, 6) is 1.01. The van der Waals surface area contributed by atoms with Crippen LogP contribution < -0.4 is 0 Å². The lowest BCUT2D eigenvalue weighted by Crippen LogP contribution is -1.90. The number of furan rings is 1. The Morgan fingerprint density at radius 2 is 2.31 bits per heavy atom. The molecule has 0 fully saturated rings. The van der Waals surface area contributed by atoms with Gasteiger partial charge < -0.3 is 4.42 Å². The van der Waals surface area contributed by atoms with Gasteiger partial charge in [0.2, 0.25) is 5.78 Å². The molecule has 0 bridgehead atoms. The second-order valence-corrected chi connectivity index (χ2v) is 5.58. The van der Waals surface area contributed by atoms with Gasteiger partial charge in [-0.1, -0.05) is 6.08 Å². The van der Waals surface area contributed by atoms with Crippen LogP contribution in [0, 0.1) is 6.92 Å². The lowest BCUT2D eigenvalue weighted by molar-refractivity contribution is 0.102. The van der Waals surface area contributed by atoms with Crippen LogP contribution >= 0.6 is 27.3 Å². The SMILES string of the molecule is Cc1ccc(C(=O)C=Cc2csc(Br)c2)o1. The highest BCUT2D eigenvalue weighted by Gasteiger charge is 2.05. The number of carbonyl (C=O) groups is 1. The summed E-state index contributed by atoms with van der Waals surface area (Å²) in [6, 6.07) is 5.43. The number of aryl methyl sites for hydroxylation is 1. The summed E-state index contributed by atoms with van der Waals surface area (Å²) < 4.78 is 6.28. The van der Waals surface area contributed by atoms with Gasteiger partial charge in [-0.2, -0.15) is 0 Å². The van der Waals surface area contributed by atoms with Crippen LogP contribution in [-0.2, 0) is 0 Å². The van der Waals surface area contributed by atoms with Crippen molar-refractivity contribution in [1.29, 1.82) is 0 Å². The smallest absolute Gasteiger partial charge is 0.221 e. The normalized spacial score (nSPS) is 11.1. The zero-order chi connectivity index (χ0) is 11.5. The summed E-state index contributed by atoms with van der Waals surface area (Å²) in [6.45, 7) is 1.82. The molecule has 4 heteroatoms. The van der Waals surface area contributed by atoms with Gasteiger partial charge in [-0.25, -0.2) is 0 Å². The molecule has 2 heterocycles. The Balaban J connectivity index is 2.10. The Kier molecular flexibility index (Phi) is 3.41. The monoisotopic (exact) mass is 296 g/mol. The molecule has 0 spiro atoms. The van der Waals surface area contributed by atoms with Crippen molar-refractivity contribution in [3.8, 4) is 0 Å². The van der Waals surface area contributed by atoms with E-state index >= 15 is 0 Å². The summed E-state index contributed by atoms with van der Waals surface area (Å²) >= 11 is 4.96. The van der Waals surface area contributed by atoms with Crippen molar-refractivity contribution in [2.75, 3.05) is 0 Å². The van der Waals surface area contributed by atoms with E-state index in [2.05, 4.69) is 15.9 Å². The fraction of sp³-hybridized carbons (Fsp3) is 0.0833. The standard InChI is InChI=1S/C12H9BrO2S/c1-8-2-5-11(15-8)10(14)4-3-9-6-12(13)16-7-9/h2-7H,1H3. The minimum atomic E-state index is -0.115. The van der Waals surface area contributed by atoms with Crippen LogP contribution in [0.1, 0.15) is 21.9 Å². The first-order valence-electron chi connectivity index (χ1n) is 4.68. The number of carbonyl (C=O) groups excluding carboxylic acids is 1. The first-order chi connectivity index (χ1) is 7.65. The number of rotatable bonds is 3. The maximum absolute atomic E-state index is 11.6. The number of hydrogen-bond donors (Lipinski definition) is 0. The molecular formula is C12H9BrO2S. The zero-order valence-corrected chi connectivity index (χ0v) is 11.0. The molecule has 0 aliphatic heterocycles. The molecule has 0 saturated carbocycles. The molecule has 2 nitrogen and oxygen atoms in total. The van der Waals surface area contributed by atoms with Crippen molar-refractivity contribution in [2.24, 2.45) is 0 Å². The lowest BCUT2D eigenvalue weighted by Gasteiger charge is -1.88. The first-order valence-corrected chi connectivity index (χ1v) is 6.35. The summed E-state index contributed by atoms with van der Waals surface area (Å²) in [5, 5.41) is 1.97. The maximum Gasteiger partial charge on any atom is 0.221 e. The molecule has 2 aromatic heterocycles. The van der Waals surface area contributed by atoms with E-state index in [0.29, 0.717) is 5.76 Å². The van der Waals surface area contributed by atoms with Gasteiger partial charge in [0.1, 0.15) is 5.76 Å². The van der Waals surface area contributed by atoms with E-state index in [1.165, 1.54) is 6.08 Å². The summed E-state index contributed by atoms with van der Waals surface area (Å²) in [6.07, 6.45) is 3.30. The molecule has 0 atom stereocenters. The number of hydrogen-bond acceptors (Lipinski definition) is 3. The van der Waals surface area contributed by atoms with Crippen molar-refractivity contribution in [2.45, 2.75) is 6.92 Å². The minimum absolute atomic E-state index is 0.115. The van der Waals surface area contributed by atoms with Gasteiger partial charge in [-0.05, 0) is 58.1 Å². The summed E-state index contributed by atoms with van der Waals surface area (Å²) in [5.41, 5.74) is 1.01. The fourth-order valence-electron chi connectivity index (χ4n) is 1.23. The molecule has 16 heavy (non-hydrogen) atoms. The number of ketones is 1. The highest BCUT2D eigenvalue weighted by Crippen LogP contribution is 2.21. The van der Waals surface area contributed by atoms with E-state index < -0.39 is 0 Å². The molecule has 0 amide bonds. The van der Waals surface area contributed by atoms with Crippen LogP contribution in [0.2, 0.25) is 0 Å². The molecule has 2 rings (SSSR count). The minimum Gasteiger partial charge on any atom is -0.458 e. The molecule has 0 radical (unpaired) electrons. The van der Waals surface area contributed by atoms with Gasteiger partial charge in [-0.15, -0.1) is 11.3 Å². The molecule has 0 unspecified atom stereocenters. The highest BCUT2D eigenvalue weighted by molar-refractivity contribution is 9.11. The largest absolute Gasteiger partial charge is 0.458 e. The lowest BCUT2D eigenvalue weighted by atomic mass is 10.2. The van der Waals surface area contributed by atoms with Crippen molar-refractivity contribution in [3.05, 3.63) is 50.5 Å². The van der Waals surface area contributed by atoms with Gasteiger partial charge in [-0.3, -0.25) is 4.79 Å². The van der Waals surface area contributed by atoms with Gasteiger partial charge in [0, 0.05) is 0 Å². The number of allylic oxidation sites excluding steroid dienone is 1. The molecule has 0 saturated heterocycles. The number of halogens is 1. The van der Waals surface area contributed by atoms with Crippen molar-refractivity contribution in [1.82, 2.24) is 0 Å². The molecule has 82 valence electrons. The Hall–Kier alpha value is -1.13. The topological polar surface area (TPSA) is 30.2 Å². The van der Waals surface area contributed by atoms with Crippen LogP contribution in [0.3, 0.4) is 0 Å².